The zero-order chi connectivity index (χ0) is 12.6. The molecule has 7 heteroatoms. The van der Waals surface area contributed by atoms with Crippen molar-refractivity contribution in [1.29, 1.82) is 0 Å². The summed E-state index contributed by atoms with van der Waals surface area (Å²) in [6.45, 7) is 3.10. The van der Waals surface area contributed by atoms with Crippen LogP contribution in [0.25, 0.3) is 0 Å². The summed E-state index contributed by atoms with van der Waals surface area (Å²) in [4.78, 5) is 0. The van der Waals surface area contributed by atoms with Gasteiger partial charge >= 0.3 is 0 Å². The van der Waals surface area contributed by atoms with Crippen molar-refractivity contribution in [2.24, 2.45) is 5.92 Å². The van der Waals surface area contributed by atoms with E-state index >= 15 is 0 Å². The minimum atomic E-state index is -3.51. The molecule has 2 aliphatic rings. The van der Waals surface area contributed by atoms with E-state index in [9.17, 15) is 18.6 Å². The summed E-state index contributed by atoms with van der Waals surface area (Å²) in [7, 11) is -3.51. The van der Waals surface area contributed by atoms with Gasteiger partial charge in [-0.25, -0.2) is 0 Å². The van der Waals surface area contributed by atoms with Gasteiger partial charge in [0.25, 0.3) is 10.2 Å². The van der Waals surface area contributed by atoms with Crippen LogP contribution in [0.2, 0.25) is 0 Å². The van der Waals surface area contributed by atoms with Crippen molar-refractivity contribution < 1.29 is 18.6 Å². The highest BCUT2D eigenvalue weighted by atomic mass is 32.2. The molecule has 0 amide bonds. The van der Waals surface area contributed by atoms with Gasteiger partial charge in [-0.3, -0.25) is 0 Å². The third-order valence-corrected chi connectivity index (χ3v) is 5.43. The summed E-state index contributed by atoms with van der Waals surface area (Å²) in [5.41, 5.74) is 0. The monoisotopic (exact) mass is 264 g/mol. The molecular weight excluding hydrogens is 244 g/mol. The van der Waals surface area contributed by atoms with Gasteiger partial charge in [-0.15, -0.1) is 0 Å². The molecular formula is C10H20N2O4S. The van der Waals surface area contributed by atoms with Crippen molar-refractivity contribution in [2.75, 3.05) is 26.2 Å². The van der Waals surface area contributed by atoms with Gasteiger partial charge in [-0.05, 0) is 18.8 Å². The summed E-state index contributed by atoms with van der Waals surface area (Å²) < 4.78 is 27.2. The SMILES string of the molecule is CC1CCCN(S(=O)(=O)N2C[C@@H](O)[C@@H](O)C2)C1. The predicted octanol–water partition coefficient (Wildman–Crippen LogP) is -0.999. The molecule has 2 fully saturated rings. The molecule has 1 unspecified atom stereocenters. The molecule has 0 spiro atoms. The van der Waals surface area contributed by atoms with Crippen molar-refractivity contribution in [3.05, 3.63) is 0 Å². The van der Waals surface area contributed by atoms with E-state index in [1.807, 2.05) is 6.92 Å². The lowest BCUT2D eigenvalue weighted by molar-refractivity contribution is 0.0572. The lowest BCUT2D eigenvalue weighted by atomic mass is 10.0. The first-order chi connectivity index (χ1) is 7.91. The van der Waals surface area contributed by atoms with E-state index in [2.05, 4.69) is 0 Å². The molecule has 0 aromatic carbocycles. The average molecular weight is 264 g/mol. The molecule has 0 saturated carbocycles. The van der Waals surface area contributed by atoms with Crippen LogP contribution in [-0.4, -0.2) is 65.6 Å². The second kappa shape index (κ2) is 4.81. The van der Waals surface area contributed by atoms with E-state index in [-0.39, 0.29) is 13.1 Å². The highest BCUT2D eigenvalue weighted by molar-refractivity contribution is 7.86. The lowest BCUT2D eigenvalue weighted by Gasteiger charge is -2.32. The number of hydrogen-bond donors (Lipinski definition) is 2. The lowest BCUT2D eigenvalue weighted by Crippen LogP contribution is -2.47. The fraction of sp³-hybridized carbons (Fsp3) is 1.00. The Bertz CT molecular complexity index is 352. The van der Waals surface area contributed by atoms with Crippen LogP contribution in [0.5, 0.6) is 0 Å². The Morgan fingerprint density at radius 1 is 1.06 bits per heavy atom. The van der Waals surface area contributed by atoms with Crippen molar-refractivity contribution in [3.8, 4) is 0 Å². The fourth-order valence-corrected chi connectivity index (χ4v) is 4.25. The van der Waals surface area contributed by atoms with Crippen molar-refractivity contribution in [1.82, 2.24) is 8.61 Å². The zero-order valence-electron chi connectivity index (χ0n) is 9.99. The molecule has 2 aliphatic heterocycles. The van der Waals surface area contributed by atoms with Gasteiger partial charge < -0.3 is 10.2 Å². The van der Waals surface area contributed by atoms with Crippen LogP contribution in [0.4, 0.5) is 0 Å². The van der Waals surface area contributed by atoms with Crippen molar-refractivity contribution >= 4 is 10.2 Å². The molecule has 3 atom stereocenters. The van der Waals surface area contributed by atoms with E-state index in [1.165, 1.54) is 8.61 Å². The smallest absolute Gasteiger partial charge is 0.282 e. The maximum Gasteiger partial charge on any atom is 0.282 e. The highest BCUT2D eigenvalue weighted by Gasteiger charge is 2.40. The average Bonchev–Trinajstić information content (AvgIpc) is 2.60. The van der Waals surface area contributed by atoms with Crippen molar-refractivity contribution in [2.45, 2.75) is 32.0 Å². The number of aliphatic hydroxyl groups excluding tert-OH is 2. The summed E-state index contributed by atoms with van der Waals surface area (Å²) in [6, 6.07) is 0. The third-order valence-electron chi connectivity index (χ3n) is 3.50. The zero-order valence-corrected chi connectivity index (χ0v) is 10.8. The van der Waals surface area contributed by atoms with Crippen LogP contribution in [0.15, 0.2) is 0 Å². The maximum absolute atomic E-state index is 12.3. The number of piperidine rings is 1. The van der Waals surface area contributed by atoms with Crippen LogP contribution >= 0.6 is 0 Å². The molecule has 0 aromatic rings. The Kier molecular flexibility index (Phi) is 3.74. The molecule has 0 bridgehead atoms. The molecule has 2 heterocycles. The number of aliphatic hydroxyl groups is 2. The van der Waals surface area contributed by atoms with Crippen molar-refractivity contribution in [3.63, 3.8) is 0 Å². The molecule has 2 saturated heterocycles. The molecule has 0 radical (unpaired) electrons. The molecule has 0 aliphatic carbocycles. The summed E-state index contributed by atoms with van der Waals surface area (Å²) in [5, 5.41) is 18.8. The van der Waals surface area contributed by atoms with Crippen LogP contribution in [0.1, 0.15) is 19.8 Å². The van der Waals surface area contributed by atoms with Gasteiger partial charge in [0.05, 0.1) is 12.2 Å². The summed E-state index contributed by atoms with van der Waals surface area (Å²) >= 11 is 0. The van der Waals surface area contributed by atoms with Gasteiger partial charge in [-0.1, -0.05) is 6.92 Å². The molecule has 0 aromatic heterocycles. The minimum absolute atomic E-state index is 0.00557. The third kappa shape index (κ3) is 2.63. The summed E-state index contributed by atoms with van der Waals surface area (Å²) in [6.07, 6.45) is -0.00431. The van der Waals surface area contributed by atoms with E-state index in [0.29, 0.717) is 19.0 Å². The van der Waals surface area contributed by atoms with Gasteiger partial charge in [0.2, 0.25) is 0 Å². The highest BCUT2D eigenvalue weighted by Crippen LogP contribution is 2.23. The molecule has 17 heavy (non-hydrogen) atoms. The van der Waals surface area contributed by atoms with Gasteiger partial charge in [-0.2, -0.15) is 17.0 Å². The normalized spacial score (nSPS) is 37.5. The quantitative estimate of drug-likeness (QED) is 0.670. The molecule has 2 rings (SSSR count). The Labute approximate surface area is 102 Å². The van der Waals surface area contributed by atoms with E-state index < -0.39 is 22.4 Å². The predicted molar refractivity (Wildman–Crippen MR) is 62.5 cm³/mol. The topological polar surface area (TPSA) is 81.1 Å². The maximum atomic E-state index is 12.3. The summed E-state index contributed by atoms with van der Waals surface area (Å²) in [5.74, 6) is 0.371. The van der Waals surface area contributed by atoms with Crippen LogP contribution in [0.3, 0.4) is 0 Å². The van der Waals surface area contributed by atoms with Gasteiger partial charge in [0.15, 0.2) is 0 Å². The van der Waals surface area contributed by atoms with Crippen LogP contribution in [0, 0.1) is 5.92 Å². The first-order valence-electron chi connectivity index (χ1n) is 6.02. The number of rotatable bonds is 2. The van der Waals surface area contributed by atoms with E-state index in [1.54, 1.807) is 0 Å². The number of β-amino-alcohol motifs (C(OH)–C–C–N with tert-alkyl or cyclic N) is 2. The Morgan fingerprint density at radius 2 is 1.65 bits per heavy atom. The number of nitrogens with zero attached hydrogens (tertiary/aromatic N) is 2. The minimum Gasteiger partial charge on any atom is -0.389 e. The Hall–Kier alpha value is -0.210. The standard InChI is InChI=1S/C10H20N2O4S/c1-8-3-2-4-11(5-8)17(15,16)12-6-9(13)10(14)7-12/h8-10,13-14H,2-7H2,1H3/t8?,9-,10+. The first kappa shape index (κ1) is 13.2. The van der Waals surface area contributed by atoms with E-state index in [4.69, 9.17) is 0 Å². The van der Waals surface area contributed by atoms with Crippen LogP contribution < -0.4 is 0 Å². The Morgan fingerprint density at radius 3 is 2.18 bits per heavy atom. The first-order valence-corrected chi connectivity index (χ1v) is 7.42. The van der Waals surface area contributed by atoms with Gasteiger partial charge in [0, 0.05) is 26.2 Å². The van der Waals surface area contributed by atoms with Crippen LogP contribution in [-0.2, 0) is 10.2 Å². The largest absolute Gasteiger partial charge is 0.389 e. The molecule has 6 nitrogen and oxygen atoms in total. The number of hydrogen-bond acceptors (Lipinski definition) is 4. The fourth-order valence-electron chi connectivity index (χ4n) is 2.44. The molecule has 100 valence electrons. The van der Waals surface area contributed by atoms with Gasteiger partial charge in [0.1, 0.15) is 0 Å². The molecule has 2 N–H and O–H groups in total. The van der Waals surface area contributed by atoms with E-state index in [0.717, 1.165) is 12.8 Å². The second-order valence-corrected chi connectivity index (χ2v) is 6.99. The second-order valence-electron chi connectivity index (χ2n) is 5.06. The Balaban J connectivity index is 2.08.